The van der Waals surface area contributed by atoms with Gasteiger partial charge in [0.25, 0.3) is 0 Å². The summed E-state index contributed by atoms with van der Waals surface area (Å²) in [5.41, 5.74) is 9.20. The molecule has 2 aromatic carbocycles. The number of aryl methyl sites for hydroxylation is 1. The largest absolute Gasteiger partial charge is 0.497 e. The van der Waals surface area contributed by atoms with Crippen molar-refractivity contribution in [3.05, 3.63) is 58.1 Å². The number of hydrogen-bond donors (Lipinski definition) is 3. The summed E-state index contributed by atoms with van der Waals surface area (Å²) < 4.78 is 6.26. The summed E-state index contributed by atoms with van der Waals surface area (Å²) in [7, 11) is 1.61. The Hall–Kier alpha value is -1.89. The number of methoxy groups -OCH3 is 1. The molecule has 2 aromatic rings. The highest BCUT2D eigenvalue weighted by Crippen LogP contribution is 2.26. The average molecular weight is 390 g/mol. The molecule has 0 aromatic heterocycles. The number of amides is 1. The van der Waals surface area contributed by atoms with E-state index in [-0.39, 0.29) is 18.0 Å². The molecule has 126 valence electrons. The fourth-order valence-corrected chi connectivity index (χ4v) is 2.99. The van der Waals surface area contributed by atoms with Gasteiger partial charge < -0.3 is 10.1 Å². The topological polar surface area (TPSA) is 62.4 Å². The molecule has 1 amide bonds. The second-order valence-electron chi connectivity index (χ2n) is 5.85. The zero-order chi connectivity index (χ0) is 17.1. The molecule has 3 rings (SSSR count). The standard InChI is InChI=1S/C18H20BrN3O2/c1-11-3-8-14(24-2)9-15(11)20-18(23)17-10-16(21-22-17)12-4-6-13(19)7-5-12/h3-9,16-17,21-22H,10H2,1-2H3,(H,20,23). The highest BCUT2D eigenvalue weighted by molar-refractivity contribution is 9.10. The zero-order valence-electron chi connectivity index (χ0n) is 13.6. The third-order valence-electron chi connectivity index (χ3n) is 4.19. The van der Waals surface area contributed by atoms with Crippen molar-refractivity contribution in [2.24, 2.45) is 0 Å². The summed E-state index contributed by atoms with van der Waals surface area (Å²) in [4.78, 5) is 12.5. The molecule has 5 nitrogen and oxygen atoms in total. The van der Waals surface area contributed by atoms with Gasteiger partial charge in [0.1, 0.15) is 11.8 Å². The summed E-state index contributed by atoms with van der Waals surface area (Å²) in [6, 6.07) is 13.6. The molecule has 1 aliphatic heterocycles. The van der Waals surface area contributed by atoms with Gasteiger partial charge in [-0.15, -0.1) is 0 Å². The molecule has 1 saturated heterocycles. The van der Waals surface area contributed by atoms with Crippen molar-refractivity contribution in [2.75, 3.05) is 12.4 Å². The van der Waals surface area contributed by atoms with Crippen molar-refractivity contribution in [3.8, 4) is 5.75 Å². The van der Waals surface area contributed by atoms with Gasteiger partial charge in [-0.25, -0.2) is 10.9 Å². The normalized spacial score (nSPS) is 20.0. The Morgan fingerprint density at radius 3 is 2.67 bits per heavy atom. The number of rotatable bonds is 4. The smallest absolute Gasteiger partial charge is 0.242 e. The first-order chi connectivity index (χ1) is 11.6. The number of nitrogens with one attached hydrogen (secondary N) is 3. The average Bonchev–Trinajstić information content (AvgIpc) is 3.07. The minimum Gasteiger partial charge on any atom is -0.497 e. The molecule has 6 heteroatoms. The number of anilines is 1. The van der Waals surface area contributed by atoms with E-state index in [1.165, 1.54) is 0 Å². The lowest BCUT2D eigenvalue weighted by Crippen LogP contribution is -2.39. The van der Waals surface area contributed by atoms with Gasteiger partial charge >= 0.3 is 0 Å². The van der Waals surface area contributed by atoms with E-state index in [1.807, 2.05) is 37.3 Å². The van der Waals surface area contributed by atoms with Crippen LogP contribution in [0.3, 0.4) is 0 Å². The molecule has 0 spiro atoms. The first-order valence-corrected chi connectivity index (χ1v) is 8.58. The molecule has 1 fully saturated rings. The van der Waals surface area contributed by atoms with Gasteiger partial charge in [-0.1, -0.05) is 34.1 Å². The third-order valence-corrected chi connectivity index (χ3v) is 4.72. The zero-order valence-corrected chi connectivity index (χ0v) is 15.2. The van der Waals surface area contributed by atoms with Gasteiger partial charge in [-0.3, -0.25) is 4.79 Å². The number of ether oxygens (including phenoxy) is 1. The number of benzene rings is 2. The maximum Gasteiger partial charge on any atom is 0.242 e. The van der Waals surface area contributed by atoms with Gasteiger partial charge in [0.05, 0.1) is 7.11 Å². The van der Waals surface area contributed by atoms with E-state index in [0.29, 0.717) is 6.42 Å². The summed E-state index contributed by atoms with van der Waals surface area (Å²) in [6.07, 6.45) is 0.691. The summed E-state index contributed by atoms with van der Waals surface area (Å²) >= 11 is 3.43. The third kappa shape index (κ3) is 3.77. The van der Waals surface area contributed by atoms with Crippen LogP contribution in [0, 0.1) is 6.92 Å². The molecular weight excluding hydrogens is 370 g/mol. The van der Waals surface area contributed by atoms with Crippen molar-refractivity contribution in [3.63, 3.8) is 0 Å². The van der Waals surface area contributed by atoms with E-state index < -0.39 is 0 Å². The Kier molecular flexibility index (Phi) is 5.18. The van der Waals surface area contributed by atoms with Gasteiger partial charge in [0.15, 0.2) is 0 Å². The first kappa shape index (κ1) is 17.0. The SMILES string of the molecule is COc1ccc(C)c(NC(=O)C2CC(c3ccc(Br)cc3)NN2)c1. The second-order valence-corrected chi connectivity index (χ2v) is 6.77. The summed E-state index contributed by atoms with van der Waals surface area (Å²) in [5.74, 6) is 0.666. The number of carbonyl (C=O) groups is 1. The van der Waals surface area contributed by atoms with Gasteiger partial charge in [0.2, 0.25) is 5.91 Å². The summed E-state index contributed by atoms with van der Waals surface area (Å²) in [6.45, 7) is 1.96. The van der Waals surface area contributed by atoms with E-state index in [0.717, 1.165) is 27.0 Å². The second kappa shape index (κ2) is 7.34. The van der Waals surface area contributed by atoms with Crippen molar-refractivity contribution in [2.45, 2.75) is 25.4 Å². The highest BCUT2D eigenvalue weighted by atomic mass is 79.9. The van der Waals surface area contributed by atoms with E-state index >= 15 is 0 Å². The van der Waals surface area contributed by atoms with Crippen LogP contribution in [0.1, 0.15) is 23.6 Å². The molecule has 1 aliphatic rings. The number of hydrogen-bond acceptors (Lipinski definition) is 4. The number of halogens is 1. The van der Waals surface area contributed by atoms with Crippen LogP contribution < -0.4 is 20.9 Å². The highest BCUT2D eigenvalue weighted by Gasteiger charge is 2.30. The Labute approximate surface area is 149 Å². The predicted octanol–water partition coefficient (Wildman–Crippen LogP) is 3.31. The van der Waals surface area contributed by atoms with Crippen LogP contribution in [0.5, 0.6) is 5.75 Å². The Morgan fingerprint density at radius 2 is 1.96 bits per heavy atom. The summed E-state index contributed by atoms with van der Waals surface area (Å²) in [5, 5.41) is 2.98. The molecule has 1 heterocycles. The quantitative estimate of drug-likeness (QED) is 0.750. The van der Waals surface area contributed by atoms with Crippen molar-refractivity contribution < 1.29 is 9.53 Å². The Bertz CT molecular complexity index is 734. The first-order valence-electron chi connectivity index (χ1n) is 7.79. The fourth-order valence-electron chi connectivity index (χ4n) is 2.72. The molecule has 2 unspecified atom stereocenters. The van der Waals surface area contributed by atoms with E-state index in [1.54, 1.807) is 7.11 Å². The predicted molar refractivity (Wildman–Crippen MR) is 97.9 cm³/mol. The lowest BCUT2D eigenvalue weighted by molar-refractivity contribution is -0.117. The molecular formula is C18H20BrN3O2. The van der Waals surface area contributed by atoms with Crippen LogP contribution in [0.4, 0.5) is 5.69 Å². The van der Waals surface area contributed by atoms with Crippen molar-refractivity contribution in [1.82, 2.24) is 10.9 Å². The minimum atomic E-state index is -0.288. The van der Waals surface area contributed by atoms with Gasteiger partial charge in [-0.2, -0.15) is 0 Å². The minimum absolute atomic E-state index is 0.0570. The van der Waals surface area contributed by atoms with E-state index in [9.17, 15) is 4.79 Å². The Morgan fingerprint density at radius 1 is 1.21 bits per heavy atom. The molecule has 0 radical (unpaired) electrons. The maximum atomic E-state index is 12.5. The van der Waals surface area contributed by atoms with Crippen LogP contribution in [-0.2, 0) is 4.79 Å². The molecule has 3 N–H and O–H groups in total. The molecule has 0 aliphatic carbocycles. The van der Waals surface area contributed by atoms with E-state index in [2.05, 4.69) is 44.2 Å². The lowest BCUT2D eigenvalue weighted by Gasteiger charge is -2.13. The molecule has 24 heavy (non-hydrogen) atoms. The van der Waals surface area contributed by atoms with Gasteiger partial charge in [-0.05, 0) is 42.7 Å². The monoisotopic (exact) mass is 389 g/mol. The molecule has 2 atom stereocenters. The van der Waals surface area contributed by atoms with Crippen LogP contribution in [0.2, 0.25) is 0 Å². The van der Waals surface area contributed by atoms with Crippen LogP contribution in [-0.4, -0.2) is 19.1 Å². The number of carbonyl (C=O) groups excluding carboxylic acids is 1. The van der Waals surface area contributed by atoms with Crippen molar-refractivity contribution >= 4 is 27.5 Å². The van der Waals surface area contributed by atoms with Crippen molar-refractivity contribution in [1.29, 1.82) is 0 Å². The van der Waals surface area contributed by atoms with Crippen LogP contribution >= 0.6 is 15.9 Å². The molecule has 0 bridgehead atoms. The maximum absolute atomic E-state index is 12.5. The Balaban J connectivity index is 1.65. The lowest BCUT2D eigenvalue weighted by atomic mass is 10.0. The van der Waals surface area contributed by atoms with Crippen LogP contribution in [0.15, 0.2) is 46.9 Å². The van der Waals surface area contributed by atoms with Gasteiger partial charge in [0, 0.05) is 22.3 Å². The fraction of sp³-hybridized carbons (Fsp3) is 0.278. The number of hydrazine groups is 1. The van der Waals surface area contributed by atoms with Crippen LogP contribution in [0.25, 0.3) is 0 Å². The molecule has 0 saturated carbocycles. The van der Waals surface area contributed by atoms with E-state index in [4.69, 9.17) is 4.74 Å².